The highest BCUT2D eigenvalue weighted by atomic mass is 15.4. The summed E-state index contributed by atoms with van der Waals surface area (Å²) in [6.07, 6.45) is 5.59. The molecule has 1 aromatic carbocycles. The van der Waals surface area contributed by atoms with E-state index in [-0.39, 0.29) is 0 Å². The standard InChI is InChI=1S/C22H27N7/c1-2-23-22(28-15-13-27(14-16-28)21-9-3-4-10-24-21)25-18-19-7-5-8-20(17-19)29-12-6-11-26-29/h3-12,17H,2,13-16,18H2,1H3,(H,23,25). The van der Waals surface area contributed by atoms with Crippen LogP contribution >= 0.6 is 0 Å². The lowest BCUT2D eigenvalue weighted by Crippen LogP contribution is -2.52. The van der Waals surface area contributed by atoms with Gasteiger partial charge in [-0.15, -0.1) is 0 Å². The summed E-state index contributed by atoms with van der Waals surface area (Å²) in [5, 5.41) is 7.75. The van der Waals surface area contributed by atoms with Gasteiger partial charge in [-0.3, -0.25) is 0 Å². The molecule has 0 radical (unpaired) electrons. The Balaban J connectivity index is 1.41. The predicted octanol–water partition coefficient (Wildman–Crippen LogP) is 2.56. The molecule has 1 fully saturated rings. The zero-order valence-electron chi connectivity index (χ0n) is 16.8. The Kier molecular flexibility index (Phi) is 6.04. The van der Waals surface area contributed by atoms with Gasteiger partial charge < -0.3 is 15.1 Å². The summed E-state index contributed by atoms with van der Waals surface area (Å²) in [5.41, 5.74) is 2.22. The molecule has 7 heteroatoms. The number of nitrogens with zero attached hydrogens (tertiary/aromatic N) is 6. The Labute approximate surface area is 171 Å². The number of hydrogen-bond acceptors (Lipinski definition) is 4. The summed E-state index contributed by atoms with van der Waals surface area (Å²) in [6.45, 7) is 7.33. The molecule has 1 aliphatic rings. The fraction of sp³-hybridized carbons (Fsp3) is 0.318. The Morgan fingerprint density at radius 2 is 1.93 bits per heavy atom. The molecule has 1 saturated heterocycles. The van der Waals surface area contributed by atoms with Crippen LogP contribution in [-0.2, 0) is 6.54 Å². The molecular formula is C22H27N7. The topological polar surface area (TPSA) is 61.6 Å². The minimum Gasteiger partial charge on any atom is -0.357 e. The molecule has 0 amide bonds. The van der Waals surface area contributed by atoms with Gasteiger partial charge in [-0.1, -0.05) is 18.2 Å². The number of anilines is 1. The van der Waals surface area contributed by atoms with Crippen LogP contribution < -0.4 is 10.2 Å². The number of guanidine groups is 1. The quantitative estimate of drug-likeness (QED) is 0.537. The summed E-state index contributed by atoms with van der Waals surface area (Å²) < 4.78 is 1.87. The van der Waals surface area contributed by atoms with Gasteiger partial charge in [0.2, 0.25) is 0 Å². The van der Waals surface area contributed by atoms with Crippen LogP contribution in [0.3, 0.4) is 0 Å². The van der Waals surface area contributed by atoms with Crippen molar-refractivity contribution in [3.63, 3.8) is 0 Å². The zero-order chi connectivity index (χ0) is 19.9. The predicted molar refractivity (Wildman–Crippen MR) is 116 cm³/mol. The summed E-state index contributed by atoms with van der Waals surface area (Å²) in [6, 6.07) is 16.4. The maximum absolute atomic E-state index is 4.90. The van der Waals surface area contributed by atoms with Crippen molar-refractivity contribution in [1.29, 1.82) is 0 Å². The van der Waals surface area contributed by atoms with Crippen LogP contribution in [0, 0.1) is 0 Å². The number of benzene rings is 1. The van der Waals surface area contributed by atoms with E-state index < -0.39 is 0 Å². The minimum absolute atomic E-state index is 0.637. The van der Waals surface area contributed by atoms with Crippen LogP contribution in [0.2, 0.25) is 0 Å². The fourth-order valence-corrected chi connectivity index (χ4v) is 3.50. The van der Waals surface area contributed by atoms with E-state index in [4.69, 9.17) is 4.99 Å². The lowest BCUT2D eigenvalue weighted by atomic mass is 10.2. The van der Waals surface area contributed by atoms with Gasteiger partial charge in [0.15, 0.2) is 5.96 Å². The third-order valence-electron chi connectivity index (χ3n) is 4.98. The Morgan fingerprint density at radius 1 is 1.03 bits per heavy atom. The van der Waals surface area contributed by atoms with Crippen molar-refractivity contribution < 1.29 is 0 Å². The van der Waals surface area contributed by atoms with Crippen molar-refractivity contribution in [2.45, 2.75) is 13.5 Å². The highest BCUT2D eigenvalue weighted by Gasteiger charge is 2.20. The van der Waals surface area contributed by atoms with E-state index in [9.17, 15) is 0 Å². The molecule has 0 spiro atoms. The second-order valence-electron chi connectivity index (χ2n) is 6.95. The number of rotatable bonds is 5. The lowest BCUT2D eigenvalue weighted by Gasteiger charge is -2.37. The Morgan fingerprint density at radius 3 is 2.66 bits per heavy atom. The van der Waals surface area contributed by atoms with Crippen LogP contribution in [0.5, 0.6) is 0 Å². The second kappa shape index (κ2) is 9.23. The molecule has 0 unspecified atom stereocenters. The smallest absolute Gasteiger partial charge is 0.194 e. The average Bonchev–Trinajstić information content (AvgIpc) is 3.33. The highest BCUT2D eigenvalue weighted by Crippen LogP contribution is 2.14. The van der Waals surface area contributed by atoms with E-state index in [2.05, 4.69) is 62.5 Å². The van der Waals surface area contributed by atoms with Crippen LogP contribution in [0.1, 0.15) is 12.5 Å². The van der Waals surface area contributed by atoms with Crippen molar-refractivity contribution in [2.75, 3.05) is 37.6 Å². The van der Waals surface area contributed by atoms with Gasteiger partial charge in [-0.25, -0.2) is 14.7 Å². The molecule has 3 aromatic rings. The van der Waals surface area contributed by atoms with Crippen molar-refractivity contribution >= 4 is 11.8 Å². The summed E-state index contributed by atoms with van der Waals surface area (Å²) in [4.78, 5) is 14.0. The van der Waals surface area contributed by atoms with Gasteiger partial charge in [0.05, 0.1) is 12.2 Å². The summed E-state index contributed by atoms with van der Waals surface area (Å²) >= 11 is 0. The molecule has 0 atom stereocenters. The molecule has 4 rings (SSSR count). The van der Waals surface area contributed by atoms with Crippen molar-refractivity contribution in [3.8, 4) is 5.69 Å². The average molecular weight is 390 g/mol. The van der Waals surface area contributed by atoms with Gasteiger partial charge in [-0.05, 0) is 42.8 Å². The first kappa shape index (κ1) is 19.0. The molecule has 150 valence electrons. The fourth-order valence-electron chi connectivity index (χ4n) is 3.50. The largest absolute Gasteiger partial charge is 0.357 e. The molecule has 2 aromatic heterocycles. The normalized spacial score (nSPS) is 14.9. The number of aliphatic imine (C=N–C) groups is 1. The number of pyridine rings is 1. The van der Waals surface area contributed by atoms with Crippen LogP contribution in [0.25, 0.3) is 5.69 Å². The van der Waals surface area contributed by atoms with E-state index in [0.29, 0.717) is 6.54 Å². The van der Waals surface area contributed by atoms with E-state index >= 15 is 0 Å². The third-order valence-corrected chi connectivity index (χ3v) is 4.98. The Hall–Kier alpha value is -3.35. The maximum atomic E-state index is 4.90. The van der Waals surface area contributed by atoms with Gasteiger partial charge in [0.25, 0.3) is 0 Å². The van der Waals surface area contributed by atoms with E-state index in [0.717, 1.165) is 50.2 Å². The Bertz CT molecular complexity index is 913. The van der Waals surface area contributed by atoms with E-state index in [1.165, 1.54) is 5.56 Å². The second-order valence-corrected chi connectivity index (χ2v) is 6.95. The number of nitrogens with one attached hydrogen (secondary N) is 1. The van der Waals surface area contributed by atoms with Gasteiger partial charge >= 0.3 is 0 Å². The van der Waals surface area contributed by atoms with Crippen molar-refractivity contribution in [2.24, 2.45) is 4.99 Å². The highest BCUT2D eigenvalue weighted by molar-refractivity contribution is 5.80. The first-order valence-electron chi connectivity index (χ1n) is 10.1. The summed E-state index contributed by atoms with van der Waals surface area (Å²) in [7, 11) is 0. The molecular weight excluding hydrogens is 362 g/mol. The van der Waals surface area contributed by atoms with Crippen LogP contribution in [0.4, 0.5) is 5.82 Å². The molecule has 3 heterocycles. The molecule has 0 bridgehead atoms. The molecule has 1 aliphatic heterocycles. The van der Waals surface area contributed by atoms with Crippen molar-refractivity contribution in [1.82, 2.24) is 25.0 Å². The van der Waals surface area contributed by atoms with Crippen LogP contribution in [-0.4, -0.2) is 58.3 Å². The molecule has 0 saturated carbocycles. The molecule has 1 N–H and O–H groups in total. The van der Waals surface area contributed by atoms with E-state index in [1.807, 2.05) is 35.3 Å². The first-order chi connectivity index (χ1) is 14.3. The number of piperazine rings is 1. The maximum Gasteiger partial charge on any atom is 0.194 e. The third kappa shape index (κ3) is 4.74. The molecule has 7 nitrogen and oxygen atoms in total. The lowest BCUT2D eigenvalue weighted by molar-refractivity contribution is 0.371. The molecule has 29 heavy (non-hydrogen) atoms. The monoisotopic (exact) mass is 389 g/mol. The van der Waals surface area contributed by atoms with E-state index in [1.54, 1.807) is 6.20 Å². The van der Waals surface area contributed by atoms with Gasteiger partial charge in [-0.2, -0.15) is 5.10 Å². The van der Waals surface area contributed by atoms with Crippen molar-refractivity contribution in [3.05, 3.63) is 72.7 Å². The molecule has 0 aliphatic carbocycles. The summed E-state index contributed by atoms with van der Waals surface area (Å²) in [5.74, 6) is 2.02. The first-order valence-corrected chi connectivity index (χ1v) is 10.1. The van der Waals surface area contributed by atoms with Gasteiger partial charge in [0.1, 0.15) is 5.82 Å². The number of aromatic nitrogens is 3. The zero-order valence-corrected chi connectivity index (χ0v) is 16.8. The SMILES string of the molecule is CCNC(=NCc1cccc(-n2cccn2)c1)N1CCN(c2ccccn2)CC1. The van der Waals surface area contributed by atoms with Gasteiger partial charge in [0, 0.05) is 51.3 Å². The van der Waals surface area contributed by atoms with Crippen LogP contribution in [0.15, 0.2) is 72.1 Å². The minimum atomic E-state index is 0.637. The number of hydrogen-bond donors (Lipinski definition) is 1.